The Labute approximate surface area is 180 Å². The smallest absolute Gasteiger partial charge is 0.341 e. The van der Waals surface area contributed by atoms with Gasteiger partial charge in [0.2, 0.25) is 0 Å². The second-order valence-corrected chi connectivity index (χ2v) is 8.18. The first-order valence-electron chi connectivity index (χ1n) is 10.1. The molecule has 4 rings (SSSR count). The molecular formula is C25H23NO3S. The summed E-state index contributed by atoms with van der Waals surface area (Å²) in [5.41, 5.74) is 3.86. The Morgan fingerprint density at radius 3 is 2.43 bits per heavy atom. The van der Waals surface area contributed by atoms with Crippen LogP contribution in [-0.2, 0) is 22.4 Å². The molecule has 1 aliphatic rings. The number of thiophene rings is 1. The Morgan fingerprint density at radius 1 is 1.03 bits per heavy atom. The summed E-state index contributed by atoms with van der Waals surface area (Å²) in [5, 5.41) is 3.59. The Hall–Kier alpha value is -3.18. The predicted molar refractivity (Wildman–Crippen MR) is 122 cm³/mol. The van der Waals surface area contributed by atoms with Gasteiger partial charge in [-0.1, -0.05) is 60.7 Å². The van der Waals surface area contributed by atoms with E-state index in [1.165, 1.54) is 16.2 Å². The lowest BCUT2D eigenvalue weighted by molar-refractivity contribution is -0.111. The summed E-state index contributed by atoms with van der Waals surface area (Å²) in [7, 11) is 0. The van der Waals surface area contributed by atoms with Crippen molar-refractivity contribution in [2.24, 2.45) is 0 Å². The Morgan fingerprint density at radius 2 is 1.73 bits per heavy atom. The minimum absolute atomic E-state index is 0.240. The first kappa shape index (κ1) is 20.1. The maximum atomic E-state index is 13.4. The molecule has 0 bridgehead atoms. The van der Waals surface area contributed by atoms with Crippen molar-refractivity contribution < 1.29 is 14.3 Å². The van der Waals surface area contributed by atoms with E-state index in [2.05, 4.69) is 5.32 Å². The minimum Gasteiger partial charge on any atom is -0.462 e. The van der Waals surface area contributed by atoms with Gasteiger partial charge in [-0.05, 0) is 49.0 Å². The zero-order valence-electron chi connectivity index (χ0n) is 16.8. The Balaban J connectivity index is 1.70. The van der Waals surface area contributed by atoms with Gasteiger partial charge in [0.25, 0.3) is 5.91 Å². The lowest BCUT2D eigenvalue weighted by Crippen LogP contribution is -2.16. The number of esters is 1. The van der Waals surface area contributed by atoms with Gasteiger partial charge in [-0.15, -0.1) is 11.3 Å². The molecule has 30 heavy (non-hydrogen) atoms. The van der Waals surface area contributed by atoms with E-state index in [9.17, 15) is 9.59 Å². The molecular weight excluding hydrogens is 394 g/mol. The summed E-state index contributed by atoms with van der Waals surface area (Å²) in [6.45, 7) is 2.10. The van der Waals surface area contributed by atoms with Crippen LogP contribution in [0.25, 0.3) is 11.6 Å². The molecule has 0 saturated carbocycles. The van der Waals surface area contributed by atoms with Gasteiger partial charge in [0, 0.05) is 10.5 Å². The van der Waals surface area contributed by atoms with Crippen LogP contribution in [0.15, 0.2) is 60.7 Å². The Bertz CT molecular complexity index is 1080. The highest BCUT2D eigenvalue weighted by molar-refractivity contribution is 7.17. The third-order valence-electron chi connectivity index (χ3n) is 5.07. The summed E-state index contributed by atoms with van der Waals surface area (Å²) in [4.78, 5) is 27.1. The molecule has 0 unspecified atom stereocenters. The van der Waals surface area contributed by atoms with Gasteiger partial charge in [0.05, 0.1) is 12.2 Å². The van der Waals surface area contributed by atoms with Crippen molar-refractivity contribution >= 4 is 39.9 Å². The Kier molecular flexibility index (Phi) is 6.10. The van der Waals surface area contributed by atoms with E-state index < -0.39 is 0 Å². The van der Waals surface area contributed by atoms with Gasteiger partial charge in [0.15, 0.2) is 0 Å². The monoisotopic (exact) mass is 417 g/mol. The number of ether oxygens (including phenoxy) is 1. The fourth-order valence-corrected chi connectivity index (χ4v) is 4.97. The van der Waals surface area contributed by atoms with Crippen LogP contribution in [0.1, 0.15) is 45.3 Å². The van der Waals surface area contributed by atoms with Gasteiger partial charge in [-0.2, -0.15) is 0 Å². The maximum Gasteiger partial charge on any atom is 0.341 e. The van der Waals surface area contributed by atoms with Crippen LogP contribution >= 0.6 is 11.3 Å². The van der Waals surface area contributed by atoms with E-state index in [-0.39, 0.29) is 11.9 Å². The zero-order valence-corrected chi connectivity index (χ0v) is 17.6. The number of carbonyl (C=O) groups excluding carboxylic acids is 2. The van der Waals surface area contributed by atoms with Crippen molar-refractivity contribution in [2.75, 3.05) is 11.9 Å². The van der Waals surface area contributed by atoms with E-state index in [0.29, 0.717) is 22.7 Å². The molecule has 4 nitrogen and oxygen atoms in total. The molecule has 152 valence electrons. The third-order valence-corrected chi connectivity index (χ3v) is 6.28. The average molecular weight is 418 g/mol. The van der Waals surface area contributed by atoms with Crippen molar-refractivity contribution in [3.05, 3.63) is 87.8 Å². The minimum atomic E-state index is -0.361. The van der Waals surface area contributed by atoms with Crippen LogP contribution in [0.4, 0.5) is 5.00 Å². The zero-order chi connectivity index (χ0) is 20.9. The molecule has 3 aromatic rings. The number of hydrogen-bond donors (Lipinski definition) is 1. The van der Waals surface area contributed by atoms with Crippen molar-refractivity contribution in [3.63, 3.8) is 0 Å². The molecule has 0 spiro atoms. The fourth-order valence-electron chi connectivity index (χ4n) is 3.70. The number of anilines is 1. The van der Waals surface area contributed by atoms with Crippen molar-refractivity contribution in [1.29, 1.82) is 0 Å². The summed E-state index contributed by atoms with van der Waals surface area (Å²) in [6.07, 6.45) is 4.69. The quantitative estimate of drug-likeness (QED) is 0.323. The molecule has 1 aromatic heterocycles. The molecule has 5 heteroatoms. The van der Waals surface area contributed by atoms with Crippen LogP contribution in [0, 0.1) is 0 Å². The van der Waals surface area contributed by atoms with Crippen LogP contribution in [0.5, 0.6) is 0 Å². The SMILES string of the molecule is CCOC(=O)c1c(NC(=O)/C(=C/c2ccccc2)c2ccccc2)sc2c1CCC2. The second-order valence-electron chi connectivity index (χ2n) is 7.07. The number of rotatable bonds is 6. The summed E-state index contributed by atoms with van der Waals surface area (Å²) in [6, 6.07) is 19.3. The molecule has 0 radical (unpaired) electrons. The van der Waals surface area contributed by atoms with Crippen LogP contribution in [0.2, 0.25) is 0 Å². The van der Waals surface area contributed by atoms with E-state index in [0.717, 1.165) is 36.0 Å². The summed E-state index contributed by atoms with van der Waals surface area (Å²) in [5.74, 6) is -0.601. The van der Waals surface area contributed by atoms with Gasteiger partial charge in [-0.3, -0.25) is 4.79 Å². The highest BCUT2D eigenvalue weighted by Gasteiger charge is 2.29. The first-order chi connectivity index (χ1) is 14.7. The number of carbonyl (C=O) groups is 2. The molecule has 1 amide bonds. The molecule has 2 aromatic carbocycles. The molecule has 0 saturated heterocycles. The normalized spacial score (nSPS) is 13.0. The number of nitrogens with one attached hydrogen (secondary N) is 1. The number of fused-ring (bicyclic) bond motifs is 1. The van der Waals surface area contributed by atoms with Crippen molar-refractivity contribution in [1.82, 2.24) is 0 Å². The third kappa shape index (κ3) is 4.21. The fraction of sp³-hybridized carbons (Fsp3) is 0.200. The summed E-state index contributed by atoms with van der Waals surface area (Å²) < 4.78 is 5.28. The highest BCUT2D eigenvalue weighted by atomic mass is 32.1. The van der Waals surface area contributed by atoms with E-state index in [4.69, 9.17) is 4.74 Å². The molecule has 0 atom stereocenters. The number of benzene rings is 2. The molecule has 1 heterocycles. The van der Waals surface area contributed by atoms with E-state index >= 15 is 0 Å². The maximum absolute atomic E-state index is 13.4. The predicted octanol–water partition coefficient (Wildman–Crippen LogP) is 5.59. The van der Waals surface area contributed by atoms with Crippen LogP contribution < -0.4 is 5.32 Å². The lowest BCUT2D eigenvalue weighted by Gasteiger charge is -2.11. The van der Waals surface area contributed by atoms with E-state index in [1.807, 2.05) is 66.7 Å². The molecule has 1 aliphatic carbocycles. The van der Waals surface area contributed by atoms with Gasteiger partial charge >= 0.3 is 5.97 Å². The largest absolute Gasteiger partial charge is 0.462 e. The average Bonchev–Trinajstić information content (AvgIpc) is 3.34. The van der Waals surface area contributed by atoms with Crippen LogP contribution in [-0.4, -0.2) is 18.5 Å². The second kappa shape index (κ2) is 9.09. The number of aryl methyl sites for hydroxylation is 1. The standard InChI is InChI=1S/C25H23NO3S/c1-2-29-25(28)22-19-14-9-15-21(19)30-24(22)26-23(27)20(18-12-7-4-8-13-18)16-17-10-5-3-6-11-17/h3-8,10-13,16H,2,9,14-15H2,1H3,(H,26,27)/b20-16+. The molecule has 0 fully saturated rings. The number of amides is 1. The van der Waals surface area contributed by atoms with Gasteiger partial charge in [-0.25, -0.2) is 4.79 Å². The molecule has 0 aliphatic heterocycles. The van der Waals surface area contributed by atoms with Crippen molar-refractivity contribution in [2.45, 2.75) is 26.2 Å². The van der Waals surface area contributed by atoms with Crippen LogP contribution in [0.3, 0.4) is 0 Å². The van der Waals surface area contributed by atoms with Gasteiger partial charge in [0.1, 0.15) is 5.00 Å². The van der Waals surface area contributed by atoms with E-state index in [1.54, 1.807) is 6.92 Å². The summed E-state index contributed by atoms with van der Waals surface area (Å²) >= 11 is 1.49. The first-order valence-corrected chi connectivity index (χ1v) is 10.9. The topological polar surface area (TPSA) is 55.4 Å². The highest BCUT2D eigenvalue weighted by Crippen LogP contribution is 2.40. The van der Waals surface area contributed by atoms with Crippen molar-refractivity contribution in [3.8, 4) is 0 Å². The van der Waals surface area contributed by atoms with Gasteiger partial charge < -0.3 is 10.1 Å². The number of hydrogen-bond acceptors (Lipinski definition) is 4. The molecule has 1 N–H and O–H groups in total. The lowest BCUT2D eigenvalue weighted by atomic mass is 10.0.